The molecule has 0 unspecified atom stereocenters. The number of aromatic nitrogens is 1. The van der Waals surface area contributed by atoms with E-state index in [4.69, 9.17) is 5.73 Å². The Morgan fingerprint density at radius 2 is 2.21 bits per heavy atom. The van der Waals surface area contributed by atoms with E-state index in [0.717, 1.165) is 16.6 Å². The zero-order valence-electron chi connectivity index (χ0n) is 7.45. The Morgan fingerprint density at radius 1 is 1.43 bits per heavy atom. The van der Waals surface area contributed by atoms with E-state index in [1.54, 1.807) is 0 Å². The van der Waals surface area contributed by atoms with Gasteiger partial charge >= 0.3 is 4.87 Å². The van der Waals surface area contributed by atoms with Gasteiger partial charge in [0.2, 0.25) is 0 Å². The largest absolute Gasteiger partial charge is 0.330 e. The molecule has 2 aromatic rings. The topological polar surface area (TPSA) is 58.9 Å². The van der Waals surface area contributed by atoms with Gasteiger partial charge in [-0.1, -0.05) is 17.4 Å². The fourth-order valence-corrected chi connectivity index (χ4v) is 2.11. The van der Waals surface area contributed by atoms with E-state index in [9.17, 15) is 4.79 Å². The molecule has 0 radical (unpaired) electrons. The van der Waals surface area contributed by atoms with E-state index >= 15 is 0 Å². The number of hydrogen-bond acceptors (Lipinski definition) is 3. The second-order valence-electron chi connectivity index (χ2n) is 2.88. The van der Waals surface area contributed by atoms with Gasteiger partial charge in [0.25, 0.3) is 0 Å². The number of fused-ring (bicyclic) bond motifs is 1. The van der Waals surface area contributed by atoms with Crippen molar-refractivity contribution in [2.75, 3.05) is 6.54 Å². The Kier molecular flexibility index (Phi) is 3.86. The third kappa shape index (κ3) is 2.23. The third-order valence-electron chi connectivity index (χ3n) is 1.92. The first kappa shape index (κ1) is 11.4. The average Bonchev–Trinajstić information content (AvgIpc) is 2.44. The molecule has 0 spiro atoms. The number of aromatic amines is 1. The first-order chi connectivity index (χ1) is 6.29. The van der Waals surface area contributed by atoms with Gasteiger partial charge in [-0.2, -0.15) is 0 Å². The van der Waals surface area contributed by atoms with Crippen LogP contribution in [0, 0.1) is 0 Å². The number of rotatable bonds is 2. The summed E-state index contributed by atoms with van der Waals surface area (Å²) < 4.78 is 1.01. The van der Waals surface area contributed by atoms with Crippen molar-refractivity contribution < 1.29 is 0 Å². The lowest BCUT2D eigenvalue weighted by molar-refractivity contribution is 0.971. The quantitative estimate of drug-likeness (QED) is 0.875. The van der Waals surface area contributed by atoms with Gasteiger partial charge in [0, 0.05) is 0 Å². The van der Waals surface area contributed by atoms with Crippen LogP contribution in [0.3, 0.4) is 0 Å². The van der Waals surface area contributed by atoms with Crippen molar-refractivity contribution in [1.82, 2.24) is 4.98 Å². The van der Waals surface area contributed by atoms with Crippen LogP contribution in [0.5, 0.6) is 0 Å². The van der Waals surface area contributed by atoms with Crippen LogP contribution in [0.15, 0.2) is 23.0 Å². The van der Waals surface area contributed by atoms with Gasteiger partial charge in [-0.25, -0.2) is 0 Å². The van der Waals surface area contributed by atoms with Crippen molar-refractivity contribution in [3.8, 4) is 0 Å². The Hall–Kier alpha value is -0.650. The van der Waals surface area contributed by atoms with Crippen LogP contribution in [-0.4, -0.2) is 11.5 Å². The summed E-state index contributed by atoms with van der Waals surface area (Å²) in [6.07, 6.45) is 0.863. The minimum atomic E-state index is -0.0000940. The molecule has 0 aliphatic heterocycles. The number of halogens is 1. The van der Waals surface area contributed by atoms with Crippen LogP contribution in [-0.2, 0) is 6.42 Å². The highest BCUT2D eigenvalue weighted by Crippen LogP contribution is 2.16. The first-order valence-electron chi connectivity index (χ1n) is 4.11. The molecule has 1 aromatic heterocycles. The standard InChI is InChI=1S/C9H10N2OS.BrH/c10-4-3-6-1-2-7-8(5-6)13-9(12)11-7;/h1-2,5H,3-4,10H2,(H,11,12);1H. The predicted molar refractivity (Wildman–Crippen MR) is 65.5 cm³/mol. The molecule has 0 saturated carbocycles. The normalized spacial score (nSPS) is 10.1. The third-order valence-corrected chi connectivity index (χ3v) is 2.76. The van der Waals surface area contributed by atoms with Crippen molar-refractivity contribution in [2.24, 2.45) is 5.73 Å². The molecule has 5 heteroatoms. The van der Waals surface area contributed by atoms with E-state index < -0.39 is 0 Å². The Balaban J connectivity index is 0.000000980. The van der Waals surface area contributed by atoms with Crippen molar-refractivity contribution in [2.45, 2.75) is 6.42 Å². The van der Waals surface area contributed by atoms with Gasteiger partial charge in [-0.3, -0.25) is 4.79 Å². The molecule has 0 fully saturated rings. The zero-order chi connectivity index (χ0) is 9.26. The minimum Gasteiger partial charge on any atom is -0.330 e. The SMILES string of the molecule is Br.NCCc1ccc2[nH]c(=O)sc2c1. The Labute approximate surface area is 95.7 Å². The maximum atomic E-state index is 11.0. The zero-order valence-corrected chi connectivity index (χ0v) is 9.98. The van der Waals surface area contributed by atoms with Crippen molar-refractivity contribution in [3.63, 3.8) is 0 Å². The molecular formula is C9H11BrN2OS. The molecule has 0 aliphatic rings. The van der Waals surface area contributed by atoms with Crippen LogP contribution in [0.1, 0.15) is 5.56 Å². The van der Waals surface area contributed by atoms with Crippen LogP contribution >= 0.6 is 28.3 Å². The maximum Gasteiger partial charge on any atom is 0.305 e. The lowest BCUT2D eigenvalue weighted by Gasteiger charge is -1.96. The summed E-state index contributed by atoms with van der Waals surface area (Å²) in [5.41, 5.74) is 7.54. The van der Waals surface area contributed by atoms with E-state index in [2.05, 4.69) is 4.98 Å². The van der Waals surface area contributed by atoms with Crippen molar-refractivity contribution >= 4 is 38.5 Å². The number of nitrogens with one attached hydrogen (secondary N) is 1. The van der Waals surface area contributed by atoms with Crippen molar-refractivity contribution in [3.05, 3.63) is 33.4 Å². The highest BCUT2D eigenvalue weighted by molar-refractivity contribution is 8.93. The number of nitrogens with two attached hydrogens (primary N) is 1. The molecular weight excluding hydrogens is 264 g/mol. The molecule has 1 heterocycles. The Bertz CT molecular complexity index is 477. The van der Waals surface area contributed by atoms with Gasteiger partial charge in [0.15, 0.2) is 0 Å². The first-order valence-corrected chi connectivity index (χ1v) is 4.93. The molecule has 2 rings (SSSR count). The fourth-order valence-electron chi connectivity index (χ4n) is 1.31. The van der Waals surface area contributed by atoms with Gasteiger partial charge in [-0.05, 0) is 30.7 Å². The molecule has 0 aliphatic carbocycles. The van der Waals surface area contributed by atoms with Gasteiger partial charge in [-0.15, -0.1) is 17.0 Å². The summed E-state index contributed by atoms with van der Waals surface area (Å²) in [5.74, 6) is 0. The Morgan fingerprint density at radius 3 is 2.93 bits per heavy atom. The summed E-state index contributed by atoms with van der Waals surface area (Å²) >= 11 is 1.24. The lowest BCUT2D eigenvalue weighted by atomic mass is 10.1. The highest BCUT2D eigenvalue weighted by atomic mass is 79.9. The fraction of sp³-hybridized carbons (Fsp3) is 0.222. The van der Waals surface area contributed by atoms with Crippen LogP contribution in [0.2, 0.25) is 0 Å². The molecule has 14 heavy (non-hydrogen) atoms. The summed E-state index contributed by atoms with van der Waals surface area (Å²) in [6.45, 7) is 0.644. The molecule has 0 atom stereocenters. The summed E-state index contributed by atoms with van der Waals surface area (Å²) in [4.78, 5) is 13.8. The second-order valence-corrected chi connectivity index (χ2v) is 3.90. The van der Waals surface area contributed by atoms with Gasteiger partial charge in [0.05, 0.1) is 10.2 Å². The van der Waals surface area contributed by atoms with Crippen LogP contribution in [0.25, 0.3) is 10.2 Å². The molecule has 76 valence electrons. The van der Waals surface area contributed by atoms with E-state index in [1.807, 2.05) is 18.2 Å². The smallest absolute Gasteiger partial charge is 0.305 e. The monoisotopic (exact) mass is 274 g/mol. The summed E-state index contributed by atoms with van der Waals surface area (Å²) in [6, 6.07) is 5.95. The predicted octanol–water partition coefficient (Wildman–Crippen LogP) is 1.67. The number of H-pyrrole nitrogens is 1. The van der Waals surface area contributed by atoms with Gasteiger partial charge in [0.1, 0.15) is 0 Å². The summed E-state index contributed by atoms with van der Waals surface area (Å²) in [7, 11) is 0. The van der Waals surface area contributed by atoms with E-state index in [-0.39, 0.29) is 21.9 Å². The van der Waals surface area contributed by atoms with Gasteiger partial charge < -0.3 is 10.7 Å². The maximum absolute atomic E-state index is 11.0. The molecule has 3 nitrogen and oxygen atoms in total. The second kappa shape index (κ2) is 4.72. The van der Waals surface area contributed by atoms with Crippen LogP contribution < -0.4 is 10.6 Å². The minimum absolute atomic E-state index is 0. The summed E-state index contributed by atoms with van der Waals surface area (Å²) in [5, 5.41) is 0. The molecule has 3 N–H and O–H groups in total. The molecule has 0 bridgehead atoms. The molecule has 0 saturated heterocycles. The molecule has 0 amide bonds. The van der Waals surface area contributed by atoms with E-state index in [0.29, 0.717) is 6.54 Å². The number of hydrogen-bond donors (Lipinski definition) is 2. The van der Waals surface area contributed by atoms with Crippen molar-refractivity contribution in [1.29, 1.82) is 0 Å². The van der Waals surface area contributed by atoms with E-state index in [1.165, 1.54) is 16.9 Å². The molecule has 1 aromatic carbocycles. The number of benzene rings is 1. The lowest BCUT2D eigenvalue weighted by Crippen LogP contribution is -2.02. The number of thiazole rings is 1. The van der Waals surface area contributed by atoms with Crippen LogP contribution in [0.4, 0.5) is 0 Å². The average molecular weight is 275 g/mol. The highest BCUT2D eigenvalue weighted by Gasteiger charge is 1.99.